The second kappa shape index (κ2) is 8.26. The topological polar surface area (TPSA) is 57.3 Å². The van der Waals surface area contributed by atoms with Gasteiger partial charge in [-0.05, 0) is 55.3 Å². The number of hydrogen-bond acceptors (Lipinski definition) is 4. The molecule has 0 aliphatic carbocycles. The molecule has 1 saturated heterocycles. The predicted molar refractivity (Wildman–Crippen MR) is 110 cm³/mol. The highest BCUT2D eigenvalue weighted by Gasteiger charge is 2.14. The minimum Gasteiger partial charge on any atom is -0.372 e. The van der Waals surface area contributed by atoms with E-state index in [4.69, 9.17) is 0 Å². The van der Waals surface area contributed by atoms with Gasteiger partial charge in [-0.1, -0.05) is 6.07 Å². The first-order valence-electron chi connectivity index (χ1n) is 9.42. The normalized spacial score (nSPS) is 13.4. The number of aromatic nitrogens is 1. The van der Waals surface area contributed by atoms with Crippen LogP contribution < -0.4 is 15.5 Å². The summed E-state index contributed by atoms with van der Waals surface area (Å²) in [6.07, 6.45) is 5.20. The number of hydrogen-bond donors (Lipinski definition) is 2. The standard InChI is InChI=1S/C22H20F2N4O/c23-19-4-3-5-20(24)21(19)26-17-12-15(13-25-14-17)22(29)27-16-6-8-18(9-7-16)28-10-1-2-11-28/h3-9,12-14,26H,1-2,10-11H2,(H,27,29). The zero-order chi connectivity index (χ0) is 20.2. The Morgan fingerprint density at radius 2 is 1.62 bits per heavy atom. The van der Waals surface area contributed by atoms with Crippen LogP contribution in [-0.4, -0.2) is 24.0 Å². The molecule has 0 atom stereocenters. The number of carbonyl (C=O) groups is 1. The third-order valence-electron chi connectivity index (χ3n) is 4.83. The average molecular weight is 394 g/mol. The van der Waals surface area contributed by atoms with Crippen LogP contribution in [0.2, 0.25) is 0 Å². The van der Waals surface area contributed by atoms with Crippen molar-refractivity contribution in [3.8, 4) is 0 Å². The fraction of sp³-hybridized carbons (Fsp3) is 0.182. The number of nitrogens with one attached hydrogen (secondary N) is 2. The third-order valence-corrected chi connectivity index (χ3v) is 4.83. The van der Waals surface area contributed by atoms with Crippen LogP contribution in [0.5, 0.6) is 0 Å². The summed E-state index contributed by atoms with van der Waals surface area (Å²) in [7, 11) is 0. The maximum absolute atomic E-state index is 13.8. The summed E-state index contributed by atoms with van der Waals surface area (Å²) in [5.74, 6) is -1.81. The maximum atomic E-state index is 13.8. The third kappa shape index (κ3) is 4.34. The first kappa shape index (κ1) is 18.9. The van der Waals surface area contributed by atoms with Crippen LogP contribution >= 0.6 is 0 Å². The van der Waals surface area contributed by atoms with Gasteiger partial charge in [-0.2, -0.15) is 0 Å². The number of rotatable bonds is 5. The summed E-state index contributed by atoms with van der Waals surface area (Å²) in [6, 6.07) is 12.8. The summed E-state index contributed by atoms with van der Waals surface area (Å²) < 4.78 is 27.6. The molecule has 1 amide bonds. The molecule has 3 aromatic rings. The van der Waals surface area contributed by atoms with Crippen LogP contribution in [-0.2, 0) is 0 Å². The maximum Gasteiger partial charge on any atom is 0.257 e. The Morgan fingerprint density at radius 1 is 0.931 bits per heavy atom. The molecule has 0 unspecified atom stereocenters. The zero-order valence-corrected chi connectivity index (χ0v) is 15.7. The molecule has 148 valence electrons. The lowest BCUT2D eigenvalue weighted by Gasteiger charge is -2.17. The monoisotopic (exact) mass is 394 g/mol. The molecule has 2 N–H and O–H groups in total. The average Bonchev–Trinajstić information content (AvgIpc) is 3.26. The van der Waals surface area contributed by atoms with E-state index in [-0.39, 0.29) is 17.2 Å². The molecule has 1 aromatic heterocycles. The molecule has 1 aliphatic rings. The number of anilines is 4. The van der Waals surface area contributed by atoms with Crippen molar-refractivity contribution in [1.82, 2.24) is 4.98 Å². The first-order valence-corrected chi connectivity index (χ1v) is 9.42. The largest absolute Gasteiger partial charge is 0.372 e. The Morgan fingerprint density at radius 3 is 2.31 bits per heavy atom. The quantitative estimate of drug-likeness (QED) is 0.643. The lowest BCUT2D eigenvalue weighted by Crippen LogP contribution is -2.17. The molecule has 4 rings (SSSR count). The highest BCUT2D eigenvalue weighted by molar-refractivity contribution is 6.04. The Kier molecular flexibility index (Phi) is 5.37. The second-order valence-corrected chi connectivity index (χ2v) is 6.88. The lowest BCUT2D eigenvalue weighted by atomic mass is 10.2. The Bertz CT molecular complexity index is 997. The van der Waals surface area contributed by atoms with E-state index in [2.05, 4.69) is 20.5 Å². The van der Waals surface area contributed by atoms with E-state index in [0.717, 1.165) is 30.9 Å². The highest BCUT2D eigenvalue weighted by atomic mass is 19.1. The molecule has 1 aliphatic heterocycles. The Labute approximate surface area is 167 Å². The van der Waals surface area contributed by atoms with Crippen LogP contribution in [0.1, 0.15) is 23.2 Å². The van der Waals surface area contributed by atoms with Gasteiger partial charge < -0.3 is 15.5 Å². The van der Waals surface area contributed by atoms with Crippen molar-refractivity contribution in [1.29, 1.82) is 0 Å². The van der Waals surface area contributed by atoms with Gasteiger partial charge >= 0.3 is 0 Å². The van der Waals surface area contributed by atoms with Crippen molar-refractivity contribution >= 4 is 28.7 Å². The zero-order valence-electron chi connectivity index (χ0n) is 15.7. The van der Waals surface area contributed by atoms with Crippen molar-refractivity contribution < 1.29 is 13.6 Å². The van der Waals surface area contributed by atoms with E-state index in [1.807, 2.05) is 24.3 Å². The molecule has 29 heavy (non-hydrogen) atoms. The molecule has 5 nitrogen and oxygen atoms in total. The van der Waals surface area contributed by atoms with Crippen molar-refractivity contribution in [3.05, 3.63) is 78.1 Å². The van der Waals surface area contributed by atoms with E-state index in [1.54, 1.807) is 0 Å². The number of nitrogens with zero attached hydrogens (tertiary/aromatic N) is 2. The number of pyridine rings is 1. The molecular weight excluding hydrogens is 374 g/mol. The number of para-hydroxylation sites is 1. The fourth-order valence-electron chi connectivity index (χ4n) is 3.33. The molecular formula is C22H20F2N4O. The number of carbonyl (C=O) groups excluding carboxylic acids is 1. The summed E-state index contributed by atoms with van der Waals surface area (Å²) >= 11 is 0. The van der Waals surface area contributed by atoms with E-state index in [0.29, 0.717) is 11.4 Å². The number of amides is 1. The molecule has 2 heterocycles. The first-order chi connectivity index (χ1) is 14.1. The van der Waals surface area contributed by atoms with Crippen molar-refractivity contribution in [2.75, 3.05) is 28.6 Å². The second-order valence-electron chi connectivity index (χ2n) is 6.88. The van der Waals surface area contributed by atoms with E-state index >= 15 is 0 Å². The highest BCUT2D eigenvalue weighted by Crippen LogP contribution is 2.24. The van der Waals surface area contributed by atoms with Gasteiger partial charge in [-0.25, -0.2) is 8.78 Å². The van der Waals surface area contributed by atoms with E-state index < -0.39 is 11.6 Å². The van der Waals surface area contributed by atoms with Gasteiger partial charge in [0.15, 0.2) is 0 Å². The SMILES string of the molecule is O=C(Nc1ccc(N2CCCC2)cc1)c1cncc(Nc2c(F)cccc2F)c1. The molecule has 0 bridgehead atoms. The Hall–Kier alpha value is -3.48. The molecule has 2 aromatic carbocycles. The summed E-state index contributed by atoms with van der Waals surface area (Å²) in [5, 5.41) is 5.46. The van der Waals surface area contributed by atoms with Crippen LogP contribution in [0.4, 0.5) is 31.5 Å². The van der Waals surface area contributed by atoms with Gasteiger partial charge in [0.2, 0.25) is 0 Å². The minimum atomic E-state index is -0.724. The van der Waals surface area contributed by atoms with E-state index in [9.17, 15) is 13.6 Å². The summed E-state index contributed by atoms with van der Waals surface area (Å²) in [5.41, 5.74) is 2.10. The van der Waals surface area contributed by atoms with Crippen LogP contribution in [0.15, 0.2) is 60.9 Å². The fourth-order valence-corrected chi connectivity index (χ4v) is 3.33. The van der Waals surface area contributed by atoms with Crippen molar-refractivity contribution in [2.45, 2.75) is 12.8 Å². The van der Waals surface area contributed by atoms with E-state index in [1.165, 1.54) is 37.4 Å². The lowest BCUT2D eigenvalue weighted by molar-refractivity contribution is 0.102. The van der Waals surface area contributed by atoms with Gasteiger partial charge in [0.05, 0.1) is 17.4 Å². The molecule has 0 radical (unpaired) electrons. The van der Waals surface area contributed by atoms with Crippen LogP contribution in [0, 0.1) is 11.6 Å². The molecule has 7 heteroatoms. The smallest absolute Gasteiger partial charge is 0.257 e. The minimum absolute atomic E-state index is 0.273. The van der Waals surface area contributed by atoms with Gasteiger partial charge in [-0.3, -0.25) is 9.78 Å². The van der Waals surface area contributed by atoms with Gasteiger partial charge in [0.25, 0.3) is 5.91 Å². The van der Waals surface area contributed by atoms with Crippen LogP contribution in [0.3, 0.4) is 0 Å². The molecule has 0 spiro atoms. The van der Waals surface area contributed by atoms with Gasteiger partial charge in [0.1, 0.15) is 17.3 Å². The number of benzene rings is 2. The van der Waals surface area contributed by atoms with Gasteiger partial charge in [-0.15, -0.1) is 0 Å². The summed E-state index contributed by atoms with van der Waals surface area (Å²) in [6.45, 7) is 2.11. The molecule has 1 fully saturated rings. The van der Waals surface area contributed by atoms with Gasteiger partial charge in [0, 0.05) is 30.7 Å². The molecule has 0 saturated carbocycles. The van der Waals surface area contributed by atoms with Crippen molar-refractivity contribution in [2.24, 2.45) is 0 Å². The van der Waals surface area contributed by atoms with Crippen LogP contribution in [0.25, 0.3) is 0 Å². The summed E-state index contributed by atoms with van der Waals surface area (Å²) in [4.78, 5) is 18.9. The Balaban J connectivity index is 1.46. The predicted octanol–water partition coefficient (Wildman–Crippen LogP) is 4.96. The number of halogens is 2. The van der Waals surface area contributed by atoms with Crippen molar-refractivity contribution in [3.63, 3.8) is 0 Å².